The van der Waals surface area contributed by atoms with Gasteiger partial charge in [-0.2, -0.15) is 0 Å². The fourth-order valence-corrected chi connectivity index (χ4v) is 3.52. The number of hydrogen-bond acceptors (Lipinski definition) is 7. The third-order valence-corrected chi connectivity index (χ3v) is 4.94. The Balaban J connectivity index is 2.15. The summed E-state index contributed by atoms with van der Waals surface area (Å²) in [5.74, 6) is -2.86. The Bertz CT molecular complexity index is 846. The van der Waals surface area contributed by atoms with Crippen LogP contribution in [0, 0.1) is 11.8 Å². The third-order valence-electron chi connectivity index (χ3n) is 4.94. The van der Waals surface area contributed by atoms with E-state index in [1.165, 1.54) is 19.2 Å². The van der Waals surface area contributed by atoms with E-state index in [1.807, 2.05) is 0 Å². The number of hydrogen-bond donors (Lipinski definition) is 4. The molecule has 2 aromatic carbocycles. The van der Waals surface area contributed by atoms with Gasteiger partial charge in [-0.25, -0.2) is 0 Å². The number of ether oxygens (including phenoxy) is 3. The van der Waals surface area contributed by atoms with Crippen molar-refractivity contribution in [1.29, 1.82) is 0 Å². The first-order valence-electron chi connectivity index (χ1n) is 8.71. The van der Waals surface area contributed by atoms with Crippen molar-refractivity contribution < 1.29 is 39.4 Å². The van der Waals surface area contributed by atoms with Crippen molar-refractivity contribution in [3.8, 4) is 23.0 Å². The average Bonchev–Trinajstić information content (AvgIpc) is 3.16. The summed E-state index contributed by atoms with van der Waals surface area (Å²) in [7, 11) is 1.41. The maximum absolute atomic E-state index is 12.1. The normalized spacial score (nSPS) is 14.7. The zero-order valence-electron chi connectivity index (χ0n) is 15.2. The van der Waals surface area contributed by atoms with Crippen molar-refractivity contribution in [2.45, 2.75) is 5.92 Å². The summed E-state index contributed by atoms with van der Waals surface area (Å²) in [5.41, 5.74) is 1.09. The minimum atomic E-state index is -1.17. The van der Waals surface area contributed by atoms with Crippen molar-refractivity contribution in [2.75, 3.05) is 27.1 Å². The molecule has 2 aromatic rings. The predicted molar refractivity (Wildman–Crippen MR) is 97.9 cm³/mol. The zero-order chi connectivity index (χ0) is 20.3. The first kappa shape index (κ1) is 19.8. The summed E-state index contributed by atoms with van der Waals surface area (Å²) < 4.78 is 15.8. The van der Waals surface area contributed by atoms with Crippen molar-refractivity contribution in [1.82, 2.24) is 0 Å². The molecule has 1 aliphatic heterocycles. The van der Waals surface area contributed by atoms with Crippen LogP contribution in [0.4, 0.5) is 0 Å². The molecular formula is C20H22O8. The van der Waals surface area contributed by atoms with Gasteiger partial charge < -0.3 is 34.6 Å². The van der Waals surface area contributed by atoms with Gasteiger partial charge in [-0.05, 0) is 35.4 Å². The smallest absolute Gasteiger partial charge is 0.307 e. The van der Waals surface area contributed by atoms with E-state index >= 15 is 0 Å². The molecule has 0 aliphatic carbocycles. The van der Waals surface area contributed by atoms with E-state index in [2.05, 4.69) is 0 Å². The molecule has 0 saturated carbocycles. The Morgan fingerprint density at radius 2 is 1.71 bits per heavy atom. The molecule has 0 spiro atoms. The lowest BCUT2D eigenvalue weighted by Gasteiger charge is -2.30. The fraction of sp³-hybridized carbons (Fsp3) is 0.350. The van der Waals surface area contributed by atoms with Gasteiger partial charge in [0.15, 0.2) is 23.0 Å². The SMILES string of the molecule is COc1ccc([C@@H](c2ccc3c(c2)OCO3)[C@H](C(=O)O)C(CO)CO)cc1O. The molecule has 0 saturated heterocycles. The van der Waals surface area contributed by atoms with Crippen LogP contribution in [0.3, 0.4) is 0 Å². The Labute approximate surface area is 161 Å². The predicted octanol–water partition coefficient (Wildman–Crippen LogP) is 1.56. The standard InChI is InChI=1S/C20H22O8/c1-26-15-4-2-11(6-14(15)23)18(19(20(24)25)13(8-21)9-22)12-3-5-16-17(7-12)28-10-27-16/h2-7,13,18-19,21-23H,8-10H2,1H3,(H,24,25)/t18-,19+/m0/s1. The topological polar surface area (TPSA) is 126 Å². The first-order chi connectivity index (χ1) is 13.5. The van der Waals surface area contributed by atoms with Crippen molar-refractivity contribution >= 4 is 5.97 Å². The number of fused-ring (bicyclic) bond motifs is 1. The van der Waals surface area contributed by atoms with Crippen LogP contribution < -0.4 is 14.2 Å². The Morgan fingerprint density at radius 1 is 1.07 bits per heavy atom. The van der Waals surface area contributed by atoms with Crippen molar-refractivity contribution in [3.63, 3.8) is 0 Å². The van der Waals surface area contributed by atoms with Gasteiger partial charge in [0, 0.05) is 25.0 Å². The number of methoxy groups -OCH3 is 1. The van der Waals surface area contributed by atoms with E-state index in [0.29, 0.717) is 22.6 Å². The lowest BCUT2D eigenvalue weighted by atomic mass is 9.74. The number of carbonyl (C=O) groups is 1. The Morgan fingerprint density at radius 3 is 2.32 bits per heavy atom. The van der Waals surface area contributed by atoms with Crippen LogP contribution in [-0.4, -0.2) is 53.5 Å². The number of benzene rings is 2. The minimum absolute atomic E-state index is 0.0744. The van der Waals surface area contributed by atoms with Crippen LogP contribution >= 0.6 is 0 Å². The van der Waals surface area contributed by atoms with Crippen LogP contribution in [0.15, 0.2) is 36.4 Å². The molecule has 0 amide bonds. The van der Waals surface area contributed by atoms with Crippen LogP contribution in [0.1, 0.15) is 17.0 Å². The molecular weight excluding hydrogens is 368 g/mol. The molecule has 0 aromatic heterocycles. The van der Waals surface area contributed by atoms with Crippen LogP contribution in [0.5, 0.6) is 23.0 Å². The molecule has 0 bridgehead atoms. The van der Waals surface area contributed by atoms with Gasteiger partial charge in [0.1, 0.15) is 0 Å². The monoisotopic (exact) mass is 390 g/mol. The number of aliphatic hydroxyl groups is 2. The van der Waals surface area contributed by atoms with Gasteiger partial charge in [0.2, 0.25) is 6.79 Å². The zero-order valence-corrected chi connectivity index (χ0v) is 15.2. The molecule has 8 nitrogen and oxygen atoms in total. The summed E-state index contributed by atoms with van der Waals surface area (Å²) in [4.78, 5) is 12.1. The molecule has 28 heavy (non-hydrogen) atoms. The molecule has 0 radical (unpaired) electrons. The van der Waals surface area contributed by atoms with Gasteiger partial charge >= 0.3 is 5.97 Å². The van der Waals surface area contributed by atoms with E-state index < -0.39 is 36.9 Å². The number of aliphatic carboxylic acids is 1. The Hall–Kier alpha value is -2.97. The maximum atomic E-state index is 12.1. The van der Waals surface area contributed by atoms with Crippen LogP contribution in [-0.2, 0) is 4.79 Å². The number of carboxylic acids is 1. The van der Waals surface area contributed by atoms with Gasteiger partial charge in [0.05, 0.1) is 13.0 Å². The van der Waals surface area contributed by atoms with E-state index in [1.54, 1.807) is 24.3 Å². The summed E-state index contributed by atoms with van der Waals surface area (Å²) >= 11 is 0. The average molecular weight is 390 g/mol. The fourth-order valence-electron chi connectivity index (χ4n) is 3.52. The lowest BCUT2D eigenvalue weighted by Crippen LogP contribution is -2.34. The number of carboxylic acid groups (broad SMARTS) is 1. The van der Waals surface area contributed by atoms with Gasteiger partial charge in [-0.3, -0.25) is 4.79 Å². The van der Waals surface area contributed by atoms with E-state index in [9.17, 15) is 25.2 Å². The number of phenolic OH excluding ortho intramolecular Hbond substituents is 1. The van der Waals surface area contributed by atoms with E-state index in [0.717, 1.165) is 0 Å². The number of aliphatic hydroxyl groups excluding tert-OH is 2. The van der Waals surface area contributed by atoms with Crippen molar-refractivity contribution in [3.05, 3.63) is 47.5 Å². The third kappa shape index (κ3) is 3.69. The highest BCUT2D eigenvalue weighted by molar-refractivity contribution is 5.73. The van der Waals surface area contributed by atoms with Gasteiger partial charge in [0.25, 0.3) is 0 Å². The number of aromatic hydroxyl groups is 1. The molecule has 1 aliphatic rings. The van der Waals surface area contributed by atoms with E-state index in [-0.39, 0.29) is 18.3 Å². The highest BCUT2D eigenvalue weighted by Gasteiger charge is 2.38. The first-order valence-corrected chi connectivity index (χ1v) is 8.71. The van der Waals surface area contributed by atoms with Crippen molar-refractivity contribution in [2.24, 2.45) is 11.8 Å². The molecule has 3 rings (SSSR count). The number of phenols is 1. The lowest BCUT2D eigenvalue weighted by molar-refractivity contribution is -0.145. The summed E-state index contributed by atoms with van der Waals surface area (Å²) in [5, 5.41) is 39.4. The summed E-state index contributed by atoms with van der Waals surface area (Å²) in [6.45, 7) is -0.932. The van der Waals surface area contributed by atoms with Gasteiger partial charge in [-0.1, -0.05) is 12.1 Å². The highest BCUT2D eigenvalue weighted by Crippen LogP contribution is 2.43. The molecule has 150 valence electrons. The van der Waals surface area contributed by atoms with Gasteiger partial charge in [-0.15, -0.1) is 0 Å². The summed E-state index contributed by atoms with van der Waals surface area (Å²) in [6, 6.07) is 9.68. The molecule has 2 atom stereocenters. The minimum Gasteiger partial charge on any atom is -0.504 e. The summed E-state index contributed by atoms with van der Waals surface area (Å²) in [6.07, 6.45) is 0. The second-order valence-electron chi connectivity index (χ2n) is 6.51. The Kier molecular flexibility index (Phi) is 5.91. The molecule has 8 heteroatoms. The second-order valence-corrected chi connectivity index (χ2v) is 6.51. The quantitative estimate of drug-likeness (QED) is 0.535. The maximum Gasteiger partial charge on any atom is 0.307 e. The largest absolute Gasteiger partial charge is 0.504 e. The van der Waals surface area contributed by atoms with E-state index in [4.69, 9.17) is 14.2 Å². The molecule has 0 fully saturated rings. The molecule has 1 heterocycles. The number of rotatable bonds is 8. The van der Waals surface area contributed by atoms with Crippen LogP contribution in [0.25, 0.3) is 0 Å². The second kappa shape index (κ2) is 8.37. The molecule has 0 unspecified atom stereocenters. The molecule has 4 N–H and O–H groups in total. The van der Waals surface area contributed by atoms with Crippen LogP contribution in [0.2, 0.25) is 0 Å². The highest BCUT2D eigenvalue weighted by atomic mass is 16.7.